The van der Waals surface area contributed by atoms with Crippen LogP contribution in [-0.4, -0.2) is 33.0 Å². The Balaban J connectivity index is 1.39. The number of carbonyl (C=O) groups is 2. The molecule has 168 valence electrons. The van der Waals surface area contributed by atoms with Gasteiger partial charge < -0.3 is 10.2 Å². The predicted octanol–water partition coefficient (Wildman–Crippen LogP) is 4.59. The van der Waals surface area contributed by atoms with Gasteiger partial charge in [-0.2, -0.15) is 5.10 Å². The van der Waals surface area contributed by atoms with Crippen LogP contribution in [0.4, 0.5) is 5.82 Å². The maximum Gasteiger partial charge on any atom is 0.226 e. The molecule has 1 N–H and O–H groups in total. The maximum absolute atomic E-state index is 12.7. The Morgan fingerprint density at radius 2 is 1.91 bits per heavy atom. The van der Waals surface area contributed by atoms with E-state index in [-0.39, 0.29) is 30.1 Å². The smallest absolute Gasteiger partial charge is 0.226 e. The molecule has 0 spiro atoms. The van der Waals surface area contributed by atoms with Gasteiger partial charge in [0.25, 0.3) is 0 Å². The van der Waals surface area contributed by atoms with Gasteiger partial charge >= 0.3 is 0 Å². The number of amides is 2. The van der Waals surface area contributed by atoms with Crippen LogP contribution in [0.5, 0.6) is 0 Å². The number of thiophene rings is 1. The van der Waals surface area contributed by atoms with Crippen molar-refractivity contribution in [3.63, 3.8) is 0 Å². The first-order valence-electron chi connectivity index (χ1n) is 11.0. The first kappa shape index (κ1) is 22.3. The number of aromatic nitrogens is 2. The van der Waals surface area contributed by atoms with E-state index in [1.165, 1.54) is 10.4 Å². The Morgan fingerprint density at radius 1 is 1.12 bits per heavy atom. The molecule has 6 nitrogen and oxygen atoms in total. The van der Waals surface area contributed by atoms with Crippen LogP contribution in [0.3, 0.4) is 0 Å². The fraction of sp³-hybridized carbons (Fsp3) is 0.400. The van der Waals surface area contributed by atoms with Crippen molar-refractivity contribution in [1.29, 1.82) is 0 Å². The van der Waals surface area contributed by atoms with Gasteiger partial charge in [0.1, 0.15) is 5.82 Å². The molecule has 0 saturated carbocycles. The topological polar surface area (TPSA) is 67.2 Å². The molecule has 3 heterocycles. The summed E-state index contributed by atoms with van der Waals surface area (Å²) in [6, 6.07) is 14.1. The lowest BCUT2D eigenvalue weighted by molar-refractivity contribution is -0.133. The van der Waals surface area contributed by atoms with E-state index in [1.54, 1.807) is 11.3 Å². The van der Waals surface area contributed by atoms with Crippen molar-refractivity contribution in [1.82, 2.24) is 14.7 Å². The lowest BCUT2D eigenvalue weighted by atomic mass is 9.92. The third-order valence-electron chi connectivity index (χ3n) is 5.72. The van der Waals surface area contributed by atoms with E-state index in [0.29, 0.717) is 18.9 Å². The molecule has 1 aliphatic heterocycles. The molecule has 0 bridgehead atoms. The van der Waals surface area contributed by atoms with Crippen molar-refractivity contribution in [2.24, 2.45) is 0 Å². The van der Waals surface area contributed by atoms with E-state index in [4.69, 9.17) is 5.10 Å². The summed E-state index contributed by atoms with van der Waals surface area (Å²) in [6.45, 7) is 8.25. The van der Waals surface area contributed by atoms with Gasteiger partial charge in [-0.15, -0.1) is 11.3 Å². The molecule has 4 rings (SSSR count). The first-order chi connectivity index (χ1) is 15.3. The Bertz CT molecular complexity index is 1090. The molecular weight excluding hydrogens is 420 g/mol. The summed E-state index contributed by atoms with van der Waals surface area (Å²) in [4.78, 5) is 28.6. The molecule has 1 aromatic carbocycles. The highest BCUT2D eigenvalue weighted by atomic mass is 32.1. The maximum atomic E-state index is 12.7. The van der Waals surface area contributed by atoms with E-state index in [1.807, 2.05) is 46.0 Å². The van der Waals surface area contributed by atoms with Crippen LogP contribution in [0.25, 0.3) is 0 Å². The molecular formula is C25H30N4O2S. The van der Waals surface area contributed by atoms with Gasteiger partial charge in [-0.25, -0.2) is 4.68 Å². The number of hydrogen-bond acceptors (Lipinski definition) is 4. The van der Waals surface area contributed by atoms with E-state index < -0.39 is 0 Å². The number of nitrogens with one attached hydrogen (secondary N) is 1. The molecule has 0 atom stereocenters. The first-order valence-corrected chi connectivity index (χ1v) is 11.9. The van der Waals surface area contributed by atoms with E-state index in [0.717, 1.165) is 24.2 Å². The Kier molecular flexibility index (Phi) is 6.46. The van der Waals surface area contributed by atoms with Crippen LogP contribution in [0.15, 0.2) is 47.8 Å². The summed E-state index contributed by atoms with van der Waals surface area (Å²) < 4.78 is 1.83. The zero-order valence-corrected chi connectivity index (χ0v) is 19.7. The molecule has 2 amide bonds. The van der Waals surface area contributed by atoms with Gasteiger partial charge in [0.2, 0.25) is 11.8 Å². The van der Waals surface area contributed by atoms with Crippen molar-refractivity contribution < 1.29 is 9.59 Å². The third-order valence-corrected chi connectivity index (χ3v) is 6.74. The van der Waals surface area contributed by atoms with Gasteiger partial charge in [0.05, 0.1) is 12.2 Å². The largest absolute Gasteiger partial charge is 0.338 e. The summed E-state index contributed by atoms with van der Waals surface area (Å²) in [5.74, 6) is 0.531. The minimum atomic E-state index is -0.166. The van der Waals surface area contributed by atoms with Gasteiger partial charge in [-0.1, -0.05) is 51.1 Å². The Hall–Kier alpha value is -2.93. The summed E-state index contributed by atoms with van der Waals surface area (Å²) in [5.41, 5.74) is 3.13. The molecule has 0 fully saturated rings. The lowest BCUT2D eigenvalue weighted by Gasteiger charge is -2.27. The van der Waals surface area contributed by atoms with E-state index >= 15 is 0 Å². The van der Waals surface area contributed by atoms with Crippen LogP contribution in [0.2, 0.25) is 0 Å². The molecule has 0 saturated heterocycles. The van der Waals surface area contributed by atoms with Gasteiger partial charge in [0.15, 0.2) is 0 Å². The van der Waals surface area contributed by atoms with Crippen LogP contribution in [-0.2, 0) is 34.5 Å². The molecule has 32 heavy (non-hydrogen) atoms. The molecule has 1 aliphatic rings. The summed E-state index contributed by atoms with van der Waals surface area (Å²) >= 11 is 1.75. The highest BCUT2D eigenvalue weighted by Crippen LogP contribution is 2.26. The second kappa shape index (κ2) is 9.28. The third kappa shape index (κ3) is 5.27. The number of rotatable bonds is 6. The van der Waals surface area contributed by atoms with Crippen LogP contribution < -0.4 is 5.32 Å². The molecule has 0 aliphatic carbocycles. The van der Waals surface area contributed by atoms with Crippen molar-refractivity contribution in [3.8, 4) is 0 Å². The molecule has 2 aromatic heterocycles. The highest BCUT2D eigenvalue weighted by molar-refractivity contribution is 7.10. The van der Waals surface area contributed by atoms with E-state index in [2.05, 4.69) is 37.5 Å². The Morgan fingerprint density at radius 3 is 2.66 bits per heavy atom. The second-order valence-corrected chi connectivity index (χ2v) is 10.3. The zero-order valence-electron chi connectivity index (χ0n) is 18.9. The quantitative estimate of drug-likeness (QED) is 0.597. The van der Waals surface area contributed by atoms with Crippen molar-refractivity contribution >= 4 is 29.0 Å². The number of carbonyl (C=O) groups excluding carboxylic acids is 2. The van der Waals surface area contributed by atoms with Crippen molar-refractivity contribution in [3.05, 3.63) is 69.5 Å². The molecule has 0 unspecified atom stereocenters. The normalized spacial score (nSPS) is 13.7. The number of hydrogen-bond donors (Lipinski definition) is 1. The summed E-state index contributed by atoms with van der Waals surface area (Å²) in [5, 5.41) is 9.81. The number of nitrogens with zero attached hydrogens (tertiary/aromatic N) is 3. The predicted molar refractivity (Wildman–Crippen MR) is 128 cm³/mol. The summed E-state index contributed by atoms with van der Waals surface area (Å²) in [6.07, 6.45) is 1.27. The number of fused-ring (bicyclic) bond motifs is 1. The second-order valence-electron chi connectivity index (χ2n) is 9.29. The van der Waals surface area contributed by atoms with Crippen molar-refractivity contribution in [2.75, 3.05) is 11.9 Å². The van der Waals surface area contributed by atoms with Gasteiger partial charge in [-0.3, -0.25) is 9.59 Å². The molecule has 3 aromatic rings. The summed E-state index contributed by atoms with van der Waals surface area (Å²) in [7, 11) is 0. The van der Waals surface area contributed by atoms with Gasteiger partial charge in [-0.05, 0) is 29.0 Å². The lowest BCUT2D eigenvalue weighted by Crippen LogP contribution is -2.35. The fourth-order valence-electron chi connectivity index (χ4n) is 3.81. The molecule has 7 heteroatoms. The van der Waals surface area contributed by atoms with Crippen LogP contribution in [0.1, 0.15) is 55.3 Å². The van der Waals surface area contributed by atoms with Crippen LogP contribution in [0, 0.1) is 0 Å². The highest BCUT2D eigenvalue weighted by Gasteiger charge is 2.23. The molecule has 0 radical (unpaired) electrons. The fourth-order valence-corrected chi connectivity index (χ4v) is 4.70. The SMILES string of the molecule is CC(C)(C)c1cc(NC(=O)CCC(=O)N2CCc3sccc3C2)n(Cc2ccccc2)n1. The van der Waals surface area contributed by atoms with Crippen LogP contribution >= 0.6 is 11.3 Å². The minimum absolute atomic E-state index is 0.0326. The minimum Gasteiger partial charge on any atom is -0.338 e. The standard InChI is InChI=1S/C25H30N4O2S/c1-25(2,3)21-15-22(29(27-21)16-18-7-5-4-6-8-18)26-23(30)9-10-24(31)28-13-11-20-19(17-28)12-14-32-20/h4-8,12,14-15H,9-11,13,16-17H2,1-3H3,(H,26,30). The number of benzene rings is 1. The van der Waals surface area contributed by atoms with Crippen molar-refractivity contribution in [2.45, 2.75) is 58.5 Å². The van der Waals surface area contributed by atoms with E-state index in [9.17, 15) is 9.59 Å². The number of anilines is 1. The average Bonchev–Trinajstić information content (AvgIpc) is 3.39. The average molecular weight is 451 g/mol. The van der Waals surface area contributed by atoms with Gasteiger partial charge in [0, 0.05) is 42.3 Å². The Labute approximate surface area is 193 Å². The zero-order chi connectivity index (χ0) is 22.7. The monoisotopic (exact) mass is 450 g/mol.